The average molecular weight is 216 g/mol. The Kier molecular flexibility index (Phi) is 5.28. The molecule has 0 heterocycles. The Morgan fingerprint density at radius 3 is 2.27 bits per heavy atom. The van der Waals surface area contributed by atoms with Gasteiger partial charge in [0.25, 0.3) is 0 Å². The molecule has 15 heavy (non-hydrogen) atoms. The number of carbonyl (C=O) groups excluding carboxylic acids is 2. The lowest BCUT2D eigenvalue weighted by Gasteiger charge is -2.20. The molecular weight excluding hydrogens is 196 g/mol. The summed E-state index contributed by atoms with van der Waals surface area (Å²) in [5.74, 6) is -0.514. The Hall–Kier alpha value is -1.10. The van der Waals surface area contributed by atoms with Crippen molar-refractivity contribution in [1.29, 1.82) is 0 Å². The number of hydrogen-bond donors (Lipinski definition) is 2. The van der Waals surface area contributed by atoms with E-state index < -0.39 is 6.04 Å². The van der Waals surface area contributed by atoms with Crippen molar-refractivity contribution in [2.24, 2.45) is 0 Å². The van der Waals surface area contributed by atoms with E-state index in [0.29, 0.717) is 0 Å². The fourth-order valence-electron chi connectivity index (χ4n) is 0.847. The SMILES string of the molecule is CNC(=O)C(C)NC(=O)COC(C)(C)C. The Morgan fingerprint density at radius 1 is 1.33 bits per heavy atom. The van der Waals surface area contributed by atoms with Gasteiger partial charge in [-0.15, -0.1) is 0 Å². The quantitative estimate of drug-likeness (QED) is 0.698. The third-order valence-corrected chi connectivity index (χ3v) is 1.65. The van der Waals surface area contributed by atoms with Crippen molar-refractivity contribution in [3.05, 3.63) is 0 Å². The van der Waals surface area contributed by atoms with Gasteiger partial charge in [-0.2, -0.15) is 0 Å². The highest BCUT2D eigenvalue weighted by molar-refractivity contribution is 5.87. The normalized spacial score (nSPS) is 13.1. The summed E-state index contributed by atoms with van der Waals surface area (Å²) in [4.78, 5) is 22.4. The first-order chi connectivity index (χ1) is 6.76. The van der Waals surface area contributed by atoms with Gasteiger partial charge >= 0.3 is 0 Å². The first-order valence-electron chi connectivity index (χ1n) is 4.91. The maximum absolute atomic E-state index is 11.3. The van der Waals surface area contributed by atoms with E-state index in [1.807, 2.05) is 20.8 Å². The van der Waals surface area contributed by atoms with Gasteiger partial charge < -0.3 is 15.4 Å². The molecule has 1 atom stereocenters. The van der Waals surface area contributed by atoms with Gasteiger partial charge in [0.05, 0.1) is 5.60 Å². The molecule has 0 aromatic carbocycles. The number of ether oxygens (including phenoxy) is 1. The van der Waals surface area contributed by atoms with E-state index in [0.717, 1.165) is 0 Å². The second-order valence-electron chi connectivity index (χ2n) is 4.30. The molecule has 2 amide bonds. The molecule has 0 saturated carbocycles. The molecule has 0 fully saturated rings. The lowest BCUT2D eigenvalue weighted by Crippen LogP contribution is -2.45. The summed E-state index contributed by atoms with van der Waals surface area (Å²) in [6.07, 6.45) is 0. The third-order valence-electron chi connectivity index (χ3n) is 1.65. The molecule has 0 radical (unpaired) electrons. The van der Waals surface area contributed by atoms with Gasteiger partial charge in [0.1, 0.15) is 12.6 Å². The van der Waals surface area contributed by atoms with E-state index in [2.05, 4.69) is 10.6 Å². The van der Waals surface area contributed by atoms with Gasteiger partial charge in [-0.05, 0) is 27.7 Å². The first kappa shape index (κ1) is 13.9. The molecule has 0 rings (SSSR count). The third kappa shape index (κ3) is 6.90. The molecule has 1 unspecified atom stereocenters. The lowest BCUT2D eigenvalue weighted by molar-refractivity contribution is -0.134. The summed E-state index contributed by atoms with van der Waals surface area (Å²) in [5, 5.41) is 4.98. The zero-order chi connectivity index (χ0) is 12.1. The van der Waals surface area contributed by atoms with Crippen molar-refractivity contribution in [3.63, 3.8) is 0 Å². The van der Waals surface area contributed by atoms with Crippen LogP contribution in [0.3, 0.4) is 0 Å². The summed E-state index contributed by atoms with van der Waals surface area (Å²) in [6.45, 7) is 7.17. The van der Waals surface area contributed by atoms with E-state index >= 15 is 0 Å². The van der Waals surface area contributed by atoms with E-state index in [-0.39, 0.29) is 24.0 Å². The molecule has 0 aliphatic carbocycles. The second-order valence-corrected chi connectivity index (χ2v) is 4.30. The maximum atomic E-state index is 11.3. The molecule has 5 heteroatoms. The van der Waals surface area contributed by atoms with E-state index in [4.69, 9.17) is 4.74 Å². The number of carbonyl (C=O) groups is 2. The molecule has 88 valence electrons. The topological polar surface area (TPSA) is 67.4 Å². The van der Waals surface area contributed by atoms with Crippen LogP contribution in [0.4, 0.5) is 0 Å². The standard InChI is InChI=1S/C10H20N2O3/c1-7(9(14)11-5)12-8(13)6-15-10(2,3)4/h7H,6H2,1-5H3,(H,11,14)(H,12,13). The minimum atomic E-state index is -0.536. The molecule has 0 spiro atoms. The highest BCUT2D eigenvalue weighted by atomic mass is 16.5. The van der Waals surface area contributed by atoms with Crippen LogP contribution in [-0.4, -0.2) is 37.1 Å². The van der Waals surface area contributed by atoms with Gasteiger partial charge in [0.2, 0.25) is 11.8 Å². The van der Waals surface area contributed by atoms with Crippen LogP contribution in [0.5, 0.6) is 0 Å². The molecule has 0 aromatic heterocycles. The fraction of sp³-hybridized carbons (Fsp3) is 0.800. The molecule has 0 aliphatic rings. The second kappa shape index (κ2) is 5.70. The summed E-state index contributed by atoms with van der Waals surface area (Å²) < 4.78 is 5.26. The Bertz CT molecular complexity index is 233. The van der Waals surface area contributed by atoms with Crippen LogP contribution < -0.4 is 10.6 Å². The number of nitrogens with one attached hydrogen (secondary N) is 2. The van der Waals surface area contributed by atoms with Gasteiger partial charge in [0, 0.05) is 7.05 Å². The predicted molar refractivity (Wildman–Crippen MR) is 57.4 cm³/mol. The zero-order valence-electron chi connectivity index (χ0n) is 10.0. The van der Waals surface area contributed by atoms with Gasteiger partial charge in [-0.3, -0.25) is 9.59 Å². The van der Waals surface area contributed by atoms with Gasteiger partial charge in [0.15, 0.2) is 0 Å². The average Bonchev–Trinajstić information content (AvgIpc) is 2.12. The van der Waals surface area contributed by atoms with Crippen LogP contribution in [0.25, 0.3) is 0 Å². The van der Waals surface area contributed by atoms with Crippen LogP contribution >= 0.6 is 0 Å². The molecule has 0 bridgehead atoms. The summed E-state index contributed by atoms with van der Waals surface area (Å²) >= 11 is 0. The van der Waals surface area contributed by atoms with E-state index in [9.17, 15) is 9.59 Å². The minimum absolute atomic E-state index is 0.0369. The molecule has 0 aromatic rings. The van der Waals surface area contributed by atoms with E-state index in [1.165, 1.54) is 7.05 Å². The van der Waals surface area contributed by atoms with Crippen LogP contribution in [0, 0.1) is 0 Å². The summed E-state index contributed by atoms with van der Waals surface area (Å²) in [5.41, 5.74) is -0.354. The smallest absolute Gasteiger partial charge is 0.246 e. The van der Waals surface area contributed by atoms with Crippen molar-refractivity contribution in [2.75, 3.05) is 13.7 Å². The van der Waals surface area contributed by atoms with Gasteiger partial charge in [-0.25, -0.2) is 0 Å². The number of likely N-dealkylation sites (N-methyl/N-ethyl adjacent to an activating group) is 1. The molecule has 0 aliphatic heterocycles. The van der Waals surface area contributed by atoms with Crippen LogP contribution in [-0.2, 0) is 14.3 Å². The lowest BCUT2D eigenvalue weighted by atomic mass is 10.2. The highest BCUT2D eigenvalue weighted by Crippen LogP contribution is 2.05. The van der Waals surface area contributed by atoms with Crippen LogP contribution in [0.2, 0.25) is 0 Å². The van der Waals surface area contributed by atoms with Crippen molar-refractivity contribution in [3.8, 4) is 0 Å². The molecule has 0 saturated heterocycles. The predicted octanol–water partition coefficient (Wildman–Crippen LogP) is 0.0522. The zero-order valence-corrected chi connectivity index (χ0v) is 10.0. The Morgan fingerprint density at radius 2 is 1.87 bits per heavy atom. The minimum Gasteiger partial charge on any atom is -0.366 e. The Balaban J connectivity index is 3.89. The molecular formula is C10H20N2O3. The van der Waals surface area contributed by atoms with Crippen molar-refractivity contribution in [1.82, 2.24) is 10.6 Å². The molecule has 2 N–H and O–H groups in total. The van der Waals surface area contributed by atoms with Crippen molar-refractivity contribution >= 4 is 11.8 Å². The molecule has 5 nitrogen and oxygen atoms in total. The number of amides is 2. The number of rotatable bonds is 4. The summed E-state index contributed by atoms with van der Waals surface area (Å²) in [6, 6.07) is -0.536. The highest BCUT2D eigenvalue weighted by Gasteiger charge is 2.16. The van der Waals surface area contributed by atoms with Crippen LogP contribution in [0.15, 0.2) is 0 Å². The summed E-state index contributed by atoms with van der Waals surface area (Å²) in [7, 11) is 1.52. The monoisotopic (exact) mass is 216 g/mol. The van der Waals surface area contributed by atoms with Crippen molar-refractivity contribution in [2.45, 2.75) is 39.3 Å². The van der Waals surface area contributed by atoms with Gasteiger partial charge in [-0.1, -0.05) is 0 Å². The Labute approximate surface area is 90.6 Å². The maximum Gasteiger partial charge on any atom is 0.246 e. The largest absolute Gasteiger partial charge is 0.366 e. The fourth-order valence-corrected chi connectivity index (χ4v) is 0.847. The van der Waals surface area contributed by atoms with Crippen molar-refractivity contribution < 1.29 is 14.3 Å². The van der Waals surface area contributed by atoms with E-state index in [1.54, 1.807) is 6.92 Å². The van der Waals surface area contributed by atoms with Crippen LogP contribution in [0.1, 0.15) is 27.7 Å². The first-order valence-corrected chi connectivity index (χ1v) is 4.91. The number of hydrogen-bond acceptors (Lipinski definition) is 3.